The van der Waals surface area contributed by atoms with Crippen LogP contribution in [0.15, 0.2) is 72.0 Å². The number of guanidine groups is 1. The fraction of sp³-hybridized carbons (Fsp3) is 0.261. The number of nitrogens with zero attached hydrogens (tertiary/aromatic N) is 3. The van der Waals surface area contributed by atoms with Gasteiger partial charge in [-0.3, -0.25) is 4.79 Å². The number of nitrogens with one attached hydrogen (secondary N) is 3. The standard InChI is InChI=1S/C23H28N6O/c1-3-24-23(26-17-20-6-4-7-21(16-20)28-18(2)30)25-14-12-19-8-10-22(11-9-19)29-15-5-13-27-29/h4-11,13,15-16H,3,12,14,17H2,1-2H3,(H,28,30)(H2,24,25,26). The Morgan fingerprint density at radius 1 is 1.07 bits per heavy atom. The lowest BCUT2D eigenvalue weighted by Gasteiger charge is -2.12. The van der Waals surface area contributed by atoms with Gasteiger partial charge in [0, 0.05) is 38.1 Å². The van der Waals surface area contributed by atoms with Gasteiger partial charge in [0.15, 0.2) is 5.96 Å². The first-order valence-corrected chi connectivity index (χ1v) is 10.1. The minimum absolute atomic E-state index is 0.0803. The number of amides is 1. The highest BCUT2D eigenvalue weighted by atomic mass is 16.1. The second-order valence-electron chi connectivity index (χ2n) is 6.87. The van der Waals surface area contributed by atoms with E-state index in [-0.39, 0.29) is 5.91 Å². The molecule has 2 aromatic carbocycles. The van der Waals surface area contributed by atoms with Gasteiger partial charge in [0.1, 0.15) is 0 Å². The van der Waals surface area contributed by atoms with Crippen molar-refractivity contribution in [3.8, 4) is 5.69 Å². The Morgan fingerprint density at radius 3 is 2.60 bits per heavy atom. The Bertz CT molecular complexity index is 964. The topological polar surface area (TPSA) is 83.3 Å². The molecule has 30 heavy (non-hydrogen) atoms. The van der Waals surface area contributed by atoms with Crippen LogP contribution in [0.25, 0.3) is 5.69 Å². The first kappa shape index (κ1) is 21.1. The van der Waals surface area contributed by atoms with Gasteiger partial charge in [-0.15, -0.1) is 0 Å². The average molecular weight is 405 g/mol. The lowest BCUT2D eigenvalue weighted by atomic mass is 10.1. The Labute approximate surface area is 177 Å². The average Bonchev–Trinajstić information content (AvgIpc) is 3.27. The zero-order valence-corrected chi connectivity index (χ0v) is 17.4. The molecule has 0 fully saturated rings. The summed E-state index contributed by atoms with van der Waals surface area (Å²) >= 11 is 0. The fourth-order valence-electron chi connectivity index (χ4n) is 3.02. The summed E-state index contributed by atoms with van der Waals surface area (Å²) in [4.78, 5) is 15.9. The molecule has 0 saturated carbocycles. The zero-order chi connectivity index (χ0) is 21.2. The van der Waals surface area contributed by atoms with Crippen LogP contribution in [0.2, 0.25) is 0 Å². The van der Waals surface area contributed by atoms with Gasteiger partial charge < -0.3 is 16.0 Å². The molecule has 0 saturated heterocycles. The van der Waals surface area contributed by atoms with Crippen molar-refractivity contribution in [1.82, 2.24) is 20.4 Å². The van der Waals surface area contributed by atoms with Crippen LogP contribution >= 0.6 is 0 Å². The highest BCUT2D eigenvalue weighted by Crippen LogP contribution is 2.12. The number of anilines is 1. The monoisotopic (exact) mass is 404 g/mol. The molecule has 1 heterocycles. The minimum Gasteiger partial charge on any atom is -0.357 e. The van der Waals surface area contributed by atoms with E-state index in [2.05, 4.69) is 50.3 Å². The normalized spacial score (nSPS) is 11.2. The minimum atomic E-state index is -0.0803. The molecule has 7 nitrogen and oxygen atoms in total. The largest absolute Gasteiger partial charge is 0.357 e. The van der Waals surface area contributed by atoms with Crippen LogP contribution < -0.4 is 16.0 Å². The van der Waals surface area contributed by atoms with Crippen LogP contribution in [0, 0.1) is 0 Å². The molecule has 156 valence electrons. The van der Waals surface area contributed by atoms with Gasteiger partial charge in [0.05, 0.1) is 12.2 Å². The summed E-state index contributed by atoms with van der Waals surface area (Å²) in [6.07, 6.45) is 4.60. The van der Waals surface area contributed by atoms with Crippen molar-refractivity contribution in [2.75, 3.05) is 18.4 Å². The smallest absolute Gasteiger partial charge is 0.221 e. The number of carbonyl (C=O) groups is 1. The van der Waals surface area contributed by atoms with Crippen LogP contribution in [0.3, 0.4) is 0 Å². The van der Waals surface area contributed by atoms with Crippen molar-refractivity contribution < 1.29 is 4.79 Å². The number of benzene rings is 2. The quantitative estimate of drug-likeness (QED) is 0.398. The molecular weight excluding hydrogens is 376 g/mol. The third-order valence-corrected chi connectivity index (χ3v) is 4.42. The zero-order valence-electron chi connectivity index (χ0n) is 17.4. The van der Waals surface area contributed by atoms with Crippen molar-refractivity contribution in [3.63, 3.8) is 0 Å². The van der Waals surface area contributed by atoms with Crippen LogP contribution in [0.1, 0.15) is 25.0 Å². The van der Waals surface area contributed by atoms with Crippen molar-refractivity contribution >= 4 is 17.6 Å². The summed E-state index contributed by atoms with van der Waals surface area (Å²) in [5.41, 5.74) is 4.12. The summed E-state index contributed by atoms with van der Waals surface area (Å²) < 4.78 is 1.85. The number of hydrogen-bond acceptors (Lipinski definition) is 3. The first-order chi connectivity index (χ1) is 14.6. The van der Waals surface area contributed by atoms with Crippen LogP contribution in [-0.4, -0.2) is 34.7 Å². The molecular formula is C23H28N6O. The number of aliphatic imine (C=N–C) groups is 1. The highest BCUT2D eigenvalue weighted by molar-refractivity contribution is 5.88. The summed E-state index contributed by atoms with van der Waals surface area (Å²) in [6.45, 7) is 5.64. The van der Waals surface area contributed by atoms with E-state index < -0.39 is 0 Å². The van der Waals surface area contributed by atoms with Gasteiger partial charge in [-0.25, -0.2) is 9.67 Å². The first-order valence-electron chi connectivity index (χ1n) is 10.1. The van der Waals surface area contributed by atoms with E-state index in [9.17, 15) is 4.79 Å². The molecule has 0 bridgehead atoms. The van der Waals surface area contributed by atoms with Gasteiger partial charge in [-0.1, -0.05) is 24.3 Å². The second kappa shape index (κ2) is 10.8. The molecule has 0 aliphatic rings. The molecule has 0 aliphatic carbocycles. The number of rotatable bonds is 8. The lowest BCUT2D eigenvalue weighted by Crippen LogP contribution is -2.38. The molecule has 1 aromatic heterocycles. The summed E-state index contributed by atoms with van der Waals surface area (Å²) in [7, 11) is 0. The maximum Gasteiger partial charge on any atom is 0.221 e. The molecule has 0 aliphatic heterocycles. The van der Waals surface area contributed by atoms with Crippen molar-refractivity contribution in [3.05, 3.63) is 78.1 Å². The van der Waals surface area contributed by atoms with Gasteiger partial charge in [-0.2, -0.15) is 5.10 Å². The van der Waals surface area contributed by atoms with E-state index in [4.69, 9.17) is 0 Å². The Morgan fingerprint density at radius 2 is 1.90 bits per heavy atom. The summed E-state index contributed by atoms with van der Waals surface area (Å²) in [6, 6.07) is 18.0. The number of carbonyl (C=O) groups excluding carboxylic acids is 1. The Balaban J connectivity index is 1.53. The predicted octanol–water partition coefficient (Wildman–Crippen LogP) is 3.13. The van der Waals surface area contributed by atoms with Crippen molar-refractivity contribution in [2.24, 2.45) is 4.99 Å². The van der Waals surface area contributed by atoms with Gasteiger partial charge in [-0.05, 0) is 54.8 Å². The van der Waals surface area contributed by atoms with E-state index >= 15 is 0 Å². The molecule has 3 N–H and O–H groups in total. The second-order valence-corrected chi connectivity index (χ2v) is 6.87. The molecule has 3 rings (SSSR count). The maximum absolute atomic E-state index is 11.2. The Hall–Kier alpha value is -3.61. The third kappa shape index (κ3) is 6.48. The summed E-state index contributed by atoms with van der Waals surface area (Å²) in [5, 5.41) is 13.7. The predicted molar refractivity (Wildman–Crippen MR) is 121 cm³/mol. The van der Waals surface area contributed by atoms with Gasteiger partial charge >= 0.3 is 0 Å². The number of aromatic nitrogens is 2. The molecule has 0 spiro atoms. The molecule has 7 heteroatoms. The van der Waals surface area contributed by atoms with Crippen molar-refractivity contribution in [1.29, 1.82) is 0 Å². The van der Waals surface area contributed by atoms with Crippen LogP contribution in [0.4, 0.5) is 5.69 Å². The SMILES string of the molecule is CCNC(=NCc1cccc(NC(C)=O)c1)NCCc1ccc(-n2cccn2)cc1. The van der Waals surface area contributed by atoms with Crippen molar-refractivity contribution in [2.45, 2.75) is 26.8 Å². The van der Waals surface area contributed by atoms with E-state index in [1.54, 1.807) is 6.20 Å². The van der Waals surface area contributed by atoms with E-state index in [1.807, 2.05) is 48.1 Å². The molecule has 1 amide bonds. The fourth-order valence-corrected chi connectivity index (χ4v) is 3.02. The van der Waals surface area contributed by atoms with Crippen LogP contribution in [-0.2, 0) is 17.8 Å². The molecule has 0 atom stereocenters. The van der Waals surface area contributed by atoms with E-state index in [0.29, 0.717) is 6.54 Å². The number of hydrogen-bond donors (Lipinski definition) is 3. The van der Waals surface area contributed by atoms with Crippen LogP contribution in [0.5, 0.6) is 0 Å². The highest BCUT2D eigenvalue weighted by Gasteiger charge is 2.01. The van der Waals surface area contributed by atoms with E-state index in [1.165, 1.54) is 12.5 Å². The molecule has 0 unspecified atom stereocenters. The Kier molecular flexibility index (Phi) is 7.60. The van der Waals surface area contributed by atoms with E-state index in [0.717, 1.165) is 42.4 Å². The lowest BCUT2D eigenvalue weighted by molar-refractivity contribution is -0.114. The molecule has 0 radical (unpaired) electrons. The third-order valence-electron chi connectivity index (χ3n) is 4.42. The van der Waals surface area contributed by atoms with Gasteiger partial charge in [0.2, 0.25) is 5.91 Å². The summed E-state index contributed by atoms with van der Waals surface area (Å²) in [5.74, 6) is 0.693. The molecule has 3 aromatic rings. The van der Waals surface area contributed by atoms with Gasteiger partial charge in [0.25, 0.3) is 0 Å². The maximum atomic E-state index is 11.2.